The Morgan fingerprint density at radius 3 is 2.69 bits per heavy atom. The number of nitrogens with two attached hydrogens (primary N) is 1. The summed E-state index contributed by atoms with van der Waals surface area (Å²) in [7, 11) is 0. The lowest BCUT2D eigenvalue weighted by atomic mass is 10.1. The average molecular weight is 380 g/mol. The van der Waals surface area contributed by atoms with Gasteiger partial charge in [-0.3, -0.25) is 4.79 Å². The summed E-state index contributed by atoms with van der Waals surface area (Å²) in [6.07, 6.45) is 2.39. The van der Waals surface area contributed by atoms with E-state index in [-0.39, 0.29) is 24.4 Å². The topological polar surface area (TPSA) is 81.6 Å². The van der Waals surface area contributed by atoms with Gasteiger partial charge in [0.1, 0.15) is 18.1 Å². The van der Waals surface area contributed by atoms with E-state index in [1.165, 1.54) is 0 Å². The summed E-state index contributed by atoms with van der Waals surface area (Å²) in [5.74, 6) is 1.68. The smallest absolute Gasteiger partial charge is 0.227 e. The lowest BCUT2D eigenvalue weighted by Crippen LogP contribution is -2.46. The molecule has 0 saturated carbocycles. The molecule has 3 rings (SSSR count). The number of piperidine rings is 1. The number of hydrogen-bond donors (Lipinski definition) is 1. The van der Waals surface area contributed by atoms with Gasteiger partial charge in [0.2, 0.25) is 5.91 Å². The number of carbonyl (C=O) groups excluding carboxylic acids is 1. The van der Waals surface area contributed by atoms with Crippen molar-refractivity contribution in [2.45, 2.75) is 45.8 Å². The van der Waals surface area contributed by atoms with Crippen LogP contribution < -0.4 is 10.5 Å². The molecule has 7 heteroatoms. The van der Waals surface area contributed by atoms with Crippen molar-refractivity contribution >= 4 is 18.3 Å². The van der Waals surface area contributed by atoms with Crippen LogP contribution in [0.2, 0.25) is 0 Å². The van der Waals surface area contributed by atoms with Crippen LogP contribution in [0.3, 0.4) is 0 Å². The van der Waals surface area contributed by atoms with Crippen molar-refractivity contribution in [1.82, 2.24) is 10.1 Å². The third-order valence-electron chi connectivity index (χ3n) is 4.65. The zero-order valence-corrected chi connectivity index (χ0v) is 16.1. The molecule has 1 aliphatic heterocycles. The van der Waals surface area contributed by atoms with E-state index in [4.69, 9.17) is 15.0 Å². The summed E-state index contributed by atoms with van der Waals surface area (Å²) < 4.78 is 10.9. The van der Waals surface area contributed by atoms with E-state index in [9.17, 15) is 4.79 Å². The molecule has 1 atom stereocenters. The summed E-state index contributed by atoms with van der Waals surface area (Å²) in [5, 5.41) is 3.92. The Balaban J connectivity index is 0.00000243. The second-order valence-electron chi connectivity index (χ2n) is 6.65. The molecule has 2 aromatic rings. The predicted molar refractivity (Wildman–Crippen MR) is 101 cm³/mol. The number of benzene rings is 1. The highest BCUT2D eigenvalue weighted by Gasteiger charge is 2.21. The Morgan fingerprint density at radius 2 is 2.08 bits per heavy atom. The van der Waals surface area contributed by atoms with Gasteiger partial charge in [-0.15, -0.1) is 12.4 Å². The first-order valence-corrected chi connectivity index (χ1v) is 8.70. The van der Waals surface area contributed by atoms with Gasteiger partial charge in [-0.25, -0.2) is 0 Å². The summed E-state index contributed by atoms with van der Waals surface area (Å²) >= 11 is 0. The van der Waals surface area contributed by atoms with E-state index in [0.29, 0.717) is 19.6 Å². The number of aryl methyl sites for hydroxylation is 2. The molecule has 1 aliphatic rings. The van der Waals surface area contributed by atoms with Crippen LogP contribution in [0.25, 0.3) is 0 Å². The van der Waals surface area contributed by atoms with E-state index in [1.807, 2.05) is 43.0 Å². The van der Waals surface area contributed by atoms with Gasteiger partial charge in [0.05, 0.1) is 17.7 Å². The van der Waals surface area contributed by atoms with Crippen LogP contribution in [0.1, 0.15) is 35.4 Å². The third kappa shape index (κ3) is 4.99. The lowest BCUT2D eigenvalue weighted by molar-refractivity contribution is -0.131. The maximum absolute atomic E-state index is 12.4. The van der Waals surface area contributed by atoms with E-state index in [2.05, 4.69) is 5.16 Å². The van der Waals surface area contributed by atoms with Crippen LogP contribution in [-0.4, -0.2) is 35.1 Å². The number of hydrogen-bond acceptors (Lipinski definition) is 5. The molecule has 1 unspecified atom stereocenters. The Hall–Kier alpha value is -2.05. The molecule has 0 spiro atoms. The highest BCUT2D eigenvalue weighted by atomic mass is 35.5. The normalized spacial score (nSPS) is 16.9. The maximum Gasteiger partial charge on any atom is 0.227 e. The second kappa shape index (κ2) is 9.05. The number of rotatable bonds is 5. The quantitative estimate of drug-likeness (QED) is 0.863. The van der Waals surface area contributed by atoms with E-state index in [1.54, 1.807) is 0 Å². The highest BCUT2D eigenvalue weighted by molar-refractivity contribution is 5.85. The first-order chi connectivity index (χ1) is 12.0. The zero-order chi connectivity index (χ0) is 17.8. The van der Waals surface area contributed by atoms with Crippen molar-refractivity contribution in [2.75, 3.05) is 13.1 Å². The van der Waals surface area contributed by atoms with Gasteiger partial charge in [0.15, 0.2) is 0 Å². The average Bonchev–Trinajstić information content (AvgIpc) is 2.92. The van der Waals surface area contributed by atoms with Gasteiger partial charge in [0, 0.05) is 19.1 Å². The SMILES string of the molecule is Cc1noc(C)c1COc1ccc(CC(=O)N2CCCC(N)C2)cc1.Cl. The molecule has 0 radical (unpaired) electrons. The first kappa shape index (κ1) is 20.3. The molecule has 1 amide bonds. The molecular formula is C19H26ClN3O3. The van der Waals surface area contributed by atoms with Gasteiger partial charge in [0.25, 0.3) is 0 Å². The number of ether oxygens (including phenoxy) is 1. The minimum Gasteiger partial charge on any atom is -0.489 e. The Kier molecular flexibility index (Phi) is 7.06. The minimum absolute atomic E-state index is 0. The van der Waals surface area contributed by atoms with Crippen LogP contribution in [-0.2, 0) is 17.8 Å². The van der Waals surface area contributed by atoms with Gasteiger partial charge in [-0.2, -0.15) is 0 Å². The molecule has 0 aliphatic carbocycles. The number of halogens is 1. The predicted octanol–water partition coefficient (Wildman–Crippen LogP) is 2.78. The monoisotopic (exact) mass is 379 g/mol. The van der Waals surface area contributed by atoms with Crippen molar-refractivity contribution in [3.8, 4) is 5.75 Å². The molecule has 1 fully saturated rings. The molecule has 1 aromatic carbocycles. The third-order valence-corrected chi connectivity index (χ3v) is 4.65. The molecule has 26 heavy (non-hydrogen) atoms. The largest absolute Gasteiger partial charge is 0.489 e. The molecule has 2 N–H and O–H groups in total. The van der Waals surface area contributed by atoms with Gasteiger partial charge < -0.3 is 19.9 Å². The van der Waals surface area contributed by atoms with Crippen LogP contribution in [0, 0.1) is 13.8 Å². The second-order valence-corrected chi connectivity index (χ2v) is 6.65. The standard InChI is InChI=1S/C19H25N3O3.ClH/c1-13-18(14(2)25-21-13)12-24-17-7-5-15(6-8-17)10-19(23)22-9-3-4-16(20)11-22;/h5-8,16H,3-4,9-12,20H2,1-2H3;1H. The van der Waals surface area contributed by atoms with Crippen LogP contribution in [0.4, 0.5) is 0 Å². The fourth-order valence-electron chi connectivity index (χ4n) is 3.09. The zero-order valence-electron chi connectivity index (χ0n) is 15.2. The van der Waals surface area contributed by atoms with Crippen LogP contribution in [0.5, 0.6) is 5.75 Å². The van der Waals surface area contributed by atoms with Gasteiger partial charge in [-0.05, 0) is 44.4 Å². The van der Waals surface area contributed by atoms with E-state index in [0.717, 1.165) is 47.7 Å². The fourth-order valence-corrected chi connectivity index (χ4v) is 3.09. The molecule has 1 aromatic heterocycles. The summed E-state index contributed by atoms with van der Waals surface area (Å²) in [6.45, 7) is 5.67. The highest BCUT2D eigenvalue weighted by Crippen LogP contribution is 2.19. The molecular weight excluding hydrogens is 354 g/mol. The van der Waals surface area contributed by atoms with E-state index < -0.39 is 0 Å². The van der Waals surface area contributed by atoms with Crippen molar-refractivity contribution < 1.29 is 14.1 Å². The molecule has 6 nitrogen and oxygen atoms in total. The van der Waals surface area contributed by atoms with Crippen LogP contribution in [0.15, 0.2) is 28.8 Å². The number of aromatic nitrogens is 1. The Bertz CT molecular complexity index is 711. The molecule has 142 valence electrons. The summed E-state index contributed by atoms with van der Waals surface area (Å²) in [5.41, 5.74) is 8.75. The number of amides is 1. The molecule has 1 saturated heterocycles. The van der Waals surface area contributed by atoms with Crippen molar-refractivity contribution in [2.24, 2.45) is 5.73 Å². The summed E-state index contributed by atoms with van der Waals surface area (Å²) in [6, 6.07) is 7.76. The lowest BCUT2D eigenvalue weighted by Gasteiger charge is -2.30. The van der Waals surface area contributed by atoms with Crippen molar-refractivity contribution in [3.63, 3.8) is 0 Å². The van der Waals surface area contributed by atoms with Crippen LogP contribution >= 0.6 is 12.4 Å². The number of likely N-dealkylation sites (tertiary alicyclic amines) is 1. The number of nitrogens with zero attached hydrogens (tertiary/aromatic N) is 2. The van der Waals surface area contributed by atoms with Crippen molar-refractivity contribution in [3.05, 3.63) is 46.8 Å². The van der Waals surface area contributed by atoms with Gasteiger partial charge >= 0.3 is 0 Å². The minimum atomic E-state index is 0. The Morgan fingerprint density at radius 1 is 1.35 bits per heavy atom. The van der Waals surface area contributed by atoms with Gasteiger partial charge in [-0.1, -0.05) is 17.3 Å². The summed E-state index contributed by atoms with van der Waals surface area (Å²) in [4.78, 5) is 14.2. The first-order valence-electron chi connectivity index (χ1n) is 8.70. The fraction of sp³-hybridized carbons (Fsp3) is 0.474. The molecule has 0 bridgehead atoms. The van der Waals surface area contributed by atoms with E-state index >= 15 is 0 Å². The maximum atomic E-state index is 12.4. The van der Waals surface area contributed by atoms with Crippen molar-refractivity contribution in [1.29, 1.82) is 0 Å². The molecule has 2 heterocycles. The Labute approximate surface area is 160 Å². The number of carbonyl (C=O) groups is 1.